The van der Waals surface area contributed by atoms with Crippen molar-refractivity contribution >= 4 is 22.8 Å². The number of amides is 1. The molecule has 2 aromatic rings. The van der Waals surface area contributed by atoms with Gasteiger partial charge in [-0.15, -0.1) is 0 Å². The molecule has 2 atom stereocenters. The molecular formula is C15H19N5O. The number of carbonyl (C=O) groups is 1. The summed E-state index contributed by atoms with van der Waals surface area (Å²) in [5.74, 6) is 1.25. The second-order valence-corrected chi connectivity index (χ2v) is 5.59. The summed E-state index contributed by atoms with van der Waals surface area (Å²) in [5.41, 5.74) is 0.815. The number of aromatic amines is 1. The lowest BCUT2D eigenvalue weighted by Crippen LogP contribution is -2.47. The monoisotopic (exact) mass is 285 g/mol. The minimum Gasteiger partial charge on any atom is -0.365 e. The number of nitrogens with zero attached hydrogens (tertiary/aromatic N) is 3. The zero-order chi connectivity index (χ0) is 14.8. The molecule has 0 radical (unpaired) electrons. The van der Waals surface area contributed by atoms with Gasteiger partial charge in [0.2, 0.25) is 5.91 Å². The number of likely N-dealkylation sites (tertiary alicyclic amines) is 1. The fourth-order valence-electron chi connectivity index (χ4n) is 2.95. The first-order valence-corrected chi connectivity index (χ1v) is 7.13. The largest absolute Gasteiger partial charge is 0.365 e. The van der Waals surface area contributed by atoms with E-state index in [0.29, 0.717) is 12.5 Å². The summed E-state index contributed by atoms with van der Waals surface area (Å²) in [4.78, 5) is 25.3. The molecule has 0 aliphatic carbocycles. The van der Waals surface area contributed by atoms with Gasteiger partial charge in [-0.25, -0.2) is 9.97 Å². The number of carbonyl (C=O) groups excluding carboxylic acids is 1. The molecule has 1 unspecified atom stereocenters. The smallest absolute Gasteiger partial charge is 0.246 e. The van der Waals surface area contributed by atoms with E-state index in [1.54, 1.807) is 6.33 Å². The zero-order valence-corrected chi connectivity index (χ0v) is 12.0. The third-order valence-electron chi connectivity index (χ3n) is 3.84. The van der Waals surface area contributed by atoms with Crippen LogP contribution >= 0.6 is 0 Å². The van der Waals surface area contributed by atoms with Gasteiger partial charge in [-0.1, -0.05) is 13.5 Å². The van der Waals surface area contributed by atoms with E-state index >= 15 is 0 Å². The molecule has 0 bridgehead atoms. The maximum Gasteiger partial charge on any atom is 0.246 e. The van der Waals surface area contributed by atoms with Crippen LogP contribution in [0.1, 0.15) is 13.3 Å². The molecular weight excluding hydrogens is 266 g/mol. The van der Waals surface area contributed by atoms with Crippen molar-refractivity contribution in [3.8, 4) is 0 Å². The number of hydrogen-bond donors (Lipinski definition) is 2. The predicted octanol–water partition coefficient (Wildman–Crippen LogP) is 1.79. The summed E-state index contributed by atoms with van der Waals surface area (Å²) in [6.45, 7) is 7.18. The molecule has 2 N–H and O–H groups in total. The molecule has 3 rings (SSSR count). The summed E-state index contributed by atoms with van der Waals surface area (Å²) in [6.07, 6.45) is 5.78. The quantitative estimate of drug-likeness (QED) is 0.843. The molecule has 0 spiro atoms. The number of anilines is 1. The number of piperidine rings is 1. The van der Waals surface area contributed by atoms with Gasteiger partial charge in [-0.3, -0.25) is 4.79 Å². The van der Waals surface area contributed by atoms with Crippen molar-refractivity contribution < 1.29 is 4.79 Å². The normalized spacial score (nSPS) is 22.2. The lowest BCUT2D eigenvalue weighted by Gasteiger charge is -2.36. The highest BCUT2D eigenvalue weighted by molar-refractivity contribution is 5.88. The molecule has 6 nitrogen and oxygen atoms in total. The van der Waals surface area contributed by atoms with E-state index in [1.165, 1.54) is 6.08 Å². The van der Waals surface area contributed by atoms with E-state index in [0.717, 1.165) is 29.8 Å². The minimum atomic E-state index is -0.0113. The van der Waals surface area contributed by atoms with Crippen molar-refractivity contribution in [3.05, 3.63) is 31.2 Å². The Bertz CT molecular complexity index is 665. The van der Waals surface area contributed by atoms with Crippen molar-refractivity contribution in [2.24, 2.45) is 5.92 Å². The Morgan fingerprint density at radius 2 is 2.38 bits per heavy atom. The number of rotatable bonds is 3. The van der Waals surface area contributed by atoms with Gasteiger partial charge < -0.3 is 15.2 Å². The van der Waals surface area contributed by atoms with E-state index in [2.05, 4.69) is 33.8 Å². The highest BCUT2D eigenvalue weighted by atomic mass is 16.2. The molecule has 6 heteroatoms. The first-order valence-electron chi connectivity index (χ1n) is 7.13. The number of H-pyrrole nitrogens is 1. The molecule has 2 aromatic heterocycles. The van der Waals surface area contributed by atoms with Crippen LogP contribution in [-0.2, 0) is 4.79 Å². The Labute approximate surface area is 123 Å². The Morgan fingerprint density at radius 1 is 1.52 bits per heavy atom. The van der Waals surface area contributed by atoms with Gasteiger partial charge in [0.25, 0.3) is 0 Å². The van der Waals surface area contributed by atoms with Gasteiger partial charge in [-0.05, 0) is 24.5 Å². The highest BCUT2D eigenvalue weighted by Crippen LogP contribution is 2.23. The molecule has 0 saturated carbocycles. The summed E-state index contributed by atoms with van der Waals surface area (Å²) < 4.78 is 0. The molecule has 1 aliphatic heterocycles. The molecule has 1 saturated heterocycles. The van der Waals surface area contributed by atoms with Crippen LogP contribution in [0.5, 0.6) is 0 Å². The van der Waals surface area contributed by atoms with E-state index in [4.69, 9.17) is 0 Å². The molecule has 0 aromatic carbocycles. The second-order valence-electron chi connectivity index (χ2n) is 5.59. The lowest BCUT2D eigenvalue weighted by molar-refractivity contribution is -0.127. The Kier molecular flexibility index (Phi) is 3.60. The molecule has 110 valence electrons. The Morgan fingerprint density at radius 3 is 3.19 bits per heavy atom. The number of fused-ring (bicyclic) bond motifs is 1. The van der Waals surface area contributed by atoms with Gasteiger partial charge in [0.15, 0.2) is 0 Å². The standard InChI is InChI=1S/C15H19N5O/c1-3-13(21)20-7-10(2)6-11(8-20)19-15-12-4-5-16-14(12)17-9-18-15/h3-5,9-11H,1,6-8H2,2H3,(H2,16,17,18,19)/t10-,11?/m1/s1. The maximum atomic E-state index is 11.8. The topological polar surface area (TPSA) is 73.9 Å². The van der Waals surface area contributed by atoms with Gasteiger partial charge in [0.05, 0.1) is 5.39 Å². The zero-order valence-electron chi connectivity index (χ0n) is 12.0. The van der Waals surface area contributed by atoms with Crippen molar-refractivity contribution in [3.63, 3.8) is 0 Å². The van der Waals surface area contributed by atoms with Crippen LogP contribution < -0.4 is 5.32 Å². The highest BCUT2D eigenvalue weighted by Gasteiger charge is 2.27. The molecule has 3 heterocycles. The third-order valence-corrected chi connectivity index (χ3v) is 3.84. The van der Waals surface area contributed by atoms with Gasteiger partial charge >= 0.3 is 0 Å². The summed E-state index contributed by atoms with van der Waals surface area (Å²) in [7, 11) is 0. The second kappa shape index (κ2) is 5.55. The summed E-state index contributed by atoms with van der Waals surface area (Å²) in [6, 6.07) is 2.14. The number of aromatic nitrogens is 3. The van der Waals surface area contributed by atoms with E-state index in [9.17, 15) is 4.79 Å². The van der Waals surface area contributed by atoms with Crippen LogP contribution in [0.3, 0.4) is 0 Å². The molecule has 1 amide bonds. The van der Waals surface area contributed by atoms with Crippen LogP contribution in [0, 0.1) is 5.92 Å². The van der Waals surface area contributed by atoms with Crippen LogP contribution in [0.25, 0.3) is 11.0 Å². The fraction of sp³-hybridized carbons (Fsp3) is 0.400. The average molecular weight is 285 g/mol. The Hall–Kier alpha value is -2.37. The maximum absolute atomic E-state index is 11.8. The lowest BCUT2D eigenvalue weighted by atomic mass is 9.95. The van der Waals surface area contributed by atoms with Crippen molar-refractivity contribution in [1.82, 2.24) is 19.9 Å². The Balaban J connectivity index is 1.79. The fourth-order valence-corrected chi connectivity index (χ4v) is 2.95. The van der Waals surface area contributed by atoms with Crippen LogP contribution in [0.2, 0.25) is 0 Å². The first kappa shape index (κ1) is 13.6. The van der Waals surface area contributed by atoms with Gasteiger partial charge in [-0.2, -0.15) is 0 Å². The summed E-state index contributed by atoms with van der Waals surface area (Å²) in [5, 5.41) is 4.42. The molecule has 1 aliphatic rings. The SMILES string of the molecule is C=CC(=O)N1CC(Nc2ncnc3[nH]ccc23)C[C@@H](C)C1. The average Bonchev–Trinajstić information content (AvgIpc) is 2.95. The third kappa shape index (κ3) is 2.74. The summed E-state index contributed by atoms with van der Waals surface area (Å²) >= 11 is 0. The predicted molar refractivity (Wildman–Crippen MR) is 81.9 cm³/mol. The van der Waals surface area contributed by atoms with Gasteiger partial charge in [0.1, 0.15) is 17.8 Å². The van der Waals surface area contributed by atoms with Crippen LogP contribution in [0.15, 0.2) is 31.2 Å². The number of hydrogen-bond acceptors (Lipinski definition) is 4. The number of nitrogens with one attached hydrogen (secondary N) is 2. The van der Waals surface area contributed by atoms with Crippen molar-refractivity contribution in [2.75, 3.05) is 18.4 Å². The molecule has 1 fully saturated rings. The van der Waals surface area contributed by atoms with E-state index in [-0.39, 0.29) is 11.9 Å². The molecule has 21 heavy (non-hydrogen) atoms. The van der Waals surface area contributed by atoms with Crippen LogP contribution in [0.4, 0.5) is 5.82 Å². The van der Waals surface area contributed by atoms with E-state index in [1.807, 2.05) is 17.2 Å². The van der Waals surface area contributed by atoms with Crippen LogP contribution in [-0.4, -0.2) is 44.9 Å². The minimum absolute atomic E-state index is 0.0113. The van der Waals surface area contributed by atoms with Crippen molar-refractivity contribution in [2.45, 2.75) is 19.4 Å². The van der Waals surface area contributed by atoms with E-state index < -0.39 is 0 Å². The van der Waals surface area contributed by atoms with Crippen molar-refractivity contribution in [1.29, 1.82) is 0 Å². The van der Waals surface area contributed by atoms with Gasteiger partial charge in [0, 0.05) is 25.3 Å². The first-order chi connectivity index (χ1) is 10.2.